The molecule has 0 aromatic carbocycles. The summed E-state index contributed by atoms with van der Waals surface area (Å²) in [7, 11) is 4.09. The number of rotatable bonds is 10. The Morgan fingerprint density at radius 2 is 1.88 bits per heavy atom. The van der Waals surface area contributed by atoms with Gasteiger partial charge in [0.15, 0.2) is 0 Å². The molecule has 4 nitrogen and oxygen atoms in total. The van der Waals surface area contributed by atoms with Crippen LogP contribution in [0.25, 0.3) is 0 Å². The average Bonchev–Trinajstić information content (AvgIpc) is 2.23. The largest absolute Gasteiger partial charge is 0.356 e. The molecule has 1 amide bonds. The van der Waals surface area contributed by atoms with Gasteiger partial charge in [-0.1, -0.05) is 19.8 Å². The molecule has 0 radical (unpaired) electrons. The normalized spacial score (nSPS) is 10.8. The van der Waals surface area contributed by atoms with Crippen LogP contribution in [0.15, 0.2) is 0 Å². The van der Waals surface area contributed by atoms with Gasteiger partial charge in [-0.05, 0) is 20.5 Å². The van der Waals surface area contributed by atoms with Crippen molar-refractivity contribution in [1.82, 2.24) is 15.5 Å². The lowest BCUT2D eigenvalue weighted by Gasteiger charge is -2.10. The van der Waals surface area contributed by atoms with E-state index in [1.165, 1.54) is 12.8 Å². The summed E-state index contributed by atoms with van der Waals surface area (Å²) in [6, 6.07) is 0. The maximum Gasteiger partial charge on any atom is 0.221 e. The molecule has 0 fully saturated rings. The Bertz CT molecular complexity index is 172. The summed E-state index contributed by atoms with van der Waals surface area (Å²) in [4.78, 5) is 13.5. The van der Waals surface area contributed by atoms with Crippen LogP contribution >= 0.6 is 0 Å². The number of likely N-dealkylation sites (N-methyl/N-ethyl adjacent to an activating group) is 1. The van der Waals surface area contributed by atoms with Crippen molar-refractivity contribution in [2.45, 2.75) is 32.6 Å². The molecular formula is C12H27N3O. The van der Waals surface area contributed by atoms with Crippen LogP contribution in [-0.2, 0) is 4.79 Å². The van der Waals surface area contributed by atoms with Gasteiger partial charge < -0.3 is 15.5 Å². The third-order valence-corrected chi connectivity index (χ3v) is 2.37. The van der Waals surface area contributed by atoms with E-state index >= 15 is 0 Å². The van der Waals surface area contributed by atoms with E-state index in [2.05, 4.69) is 22.5 Å². The van der Waals surface area contributed by atoms with Gasteiger partial charge in [0.05, 0.1) is 0 Å². The van der Waals surface area contributed by atoms with Crippen LogP contribution in [0.3, 0.4) is 0 Å². The Kier molecular flexibility index (Phi) is 10.5. The van der Waals surface area contributed by atoms with Crippen molar-refractivity contribution in [3.8, 4) is 0 Å². The molecule has 96 valence electrons. The maximum absolute atomic E-state index is 11.3. The number of carbonyl (C=O) groups is 1. The Balaban J connectivity index is 3.17. The van der Waals surface area contributed by atoms with Crippen LogP contribution in [-0.4, -0.2) is 51.1 Å². The number of unbranched alkanes of at least 4 members (excludes halogenated alkanes) is 2. The summed E-state index contributed by atoms with van der Waals surface area (Å²) in [6.07, 6.45) is 4.07. The van der Waals surface area contributed by atoms with Gasteiger partial charge in [-0.25, -0.2) is 0 Å². The maximum atomic E-state index is 11.3. The monoisotopic (exact) mass is 229 g/mol. The van der Waals surface area contributed by atoms with Gasteiger partial charge >= 0.3 is 0 Å². The fourth-order valence-corrected chi connectivity index (χ4v) is 1.32. The van der Waals surface area contributed by atoms with Crippen LogP contribution < -0.4 is 10.6 Å². The van der Waals surface area contributed by atoms with Gasteiger partial charge in [-0.15, -0.1) is 0 Å². The smallest absolute Gasteiger partial charge is 0.221 e. The van der Waals surface area contributed by atoms with E-state index in [0.717, 1.165) is 32.6 Å². The summed E-state index contributed by atoms with van der Waals surface area (Å²) < 4.78 is 0. The Hall–Kier alpha value is -0.610. The molecule has 0 saturated carbocycles. The molecule has 0 spiro atoms. The predicted molar refractivity (Wildman–Crippen MR) is 68.6 cm³/mol. The third kappa shape index (κ3) is 11.5. The second kappa shape index (κ2) is 10.9. The topological polar surface area (TPSA) is 44.4 Å². The van der Waals surface area contributed by atoms with Crippen molar-refractivity contribution in [1.29, 1.82) is 0 Å². The van der Waals surface area contributed by atoms with Crippen LogP contribution in [0.1, 0.15) is 32.6 Å². The first-order valence-corrected chi connectivity index (χ1v) is 6.29. The van der Waals surface area contributed by atoms with Crippen LogP contribution in [0, 0.1) is 0 Å². The molecule has 0 heterocycles. The van der Waals surface area contributed by atoms with Gasteiger partial charge in [0.2, 0.25) is 5.91 Å². The van der Waals surface area contributed by atoms with Gasteiger partial charge in [0, 0.05) is 32.6 Å². The summed E-state index contributed by atoms with van der Waals surface area (Å²) in [6.45, 7) is 5.71. The standard InChI is InChI=1S/C12H27N3O/c1-4-5-6-8-14-12(16)7-9-13-10-11-15(2)3/h13H,4-11H2,1-3H3,(H,14,16). The van der Waals surface area contributed by atoms with Crippen molar-refractivity contribution in [2.75, 3.05) is 40.3 Å². The molecule has 0 saturated heterocycles. The molecule has 2 N–H and O–H groups in total. The summed E-state index contributed by atoms with van der Waals surface area (Å²) >= 11 is 0. The van der Waals surface area contributed by atoms with E-state index in [0.29, 0.717) is 6.42 Å². The highest BCUT2D eigenvalue weighted by molar-refractivity contribution is 5.75. The van der Waals surface area contributed by atoms with E-state index in [4.69, 9.17) is 0 Å². The minimum atomic E-state index is 0.161. The number of amides is 1. The number of hydrogen-bond donors (Lipinski definition) is 2. The second-order valence-electron chi connectivity index (χ2n) is 4.36. The summed E-state index contributed by atoms with van der Waals surface area (Å²) in [5.41, 5.74) is 0. The highest BCUT2D eigenvalue weighted by Crippen LogP contribution is 1.91. The Morgan fingerprint density at radius 3 is 2.50 bits per heavy atom. The first-order chi connectivity index (χ1) is 7.66. The van der Waals surface area contributed by atoms with E-state index in [9.17, 15) is 4.79 Å². The van der Waals surface area contributed by atoms with Gasteiger partial charge in [0.25, 0.3) is 0 Å². The van der Waals surface area contributed by atoms with Crippen molar-refractivity contribution in [3.63, 3.8) is 0 Å². The molecule has 0 aliphatic rings. The van der Waals surface area contributed by atoms with Gasteiger partial charge in [-0.3, -0.25) is 4.79 Å². The number of nitrogens with one attached hydrogen (secondary N) is 2. The molecule has 0 rings (SSSR count). The van der Waals surface area contributed by atoms with Crippen molar-refractivity contribution in [3.05, 3.63) is 0 Å². The fraction of sp³-hybridized carbons (Fsp3) is 0.917. The summed E-state index contributed by atoms with van der Waals surface area (Å²) in [5.74, 6) is 0.161. The van der Waals surface area contributed by atoms with E-state index in [1.54, 1.807) is 0 Å². The van der Waals surface area contributed by atoms with Crippen molar-refractivity contribution < 1.29 is 4.79 Å². The third-order valence-electron chi connectivity index (χ3n) is 2.37. The van der Waals surface area contributed by atoms with Crippen molar-refractivity contribution in [2.24, 2.45) is 0 Å². The Labute approximate surface area is 99.8 Å². The average molecular weight is 229 g/mol. The number of nitrogens with zero attached hydrogens (tertiary/aromatic N) is 1. The lowest BCUT2D eigenvalue weighted by atomic mass is 10.2. The first-order valence-electron chi connectivity index (χ1n) is 6.29. The molecule has 4 heteroatoms. The molecule has 0 aliphatic carbocycles. The minimum absolute atomic E-state index is 0.161. The molecule has 0 aliphatic heterocycles. The zero-order valence-corrected chi connectivity index (χ0v) is 11.0. The van der Waals surface area contributed by atoms with Crippen molar-refractivity contribution >= 4 is 5.91 Å². The molecule has 0 unspecified atom stereocenters. The van der Waals surface area contributed by atoms with Crippen LogP contribution in [0.2, 0.25) is 0 Å². The van der Waals surface area contributed by atoms with Gasteiger partial charge in [0.1, 0.15) is 0 Å². The van der Waals surface area contributed by atoms with Crippen LogP contribution in [0.5, 0.6) is 0 Å². The molecular weight excluding hydrogens is 202 g/mol. The highest BCUT2D eigenvalue weighted by Gasteiger charge is 1.99. The highest BCUT2D eigenvalue weighted by atomic mass is 16.1. The molecule has 0 bridgehead atoms. The van der Waals surface area contributed by atoms with E-state index in [-0.39, 0.29) is 5.91 Å². The van der Waals surface area contributed by atoms with Crippen LogP contribution in [0.4, 0.5) is 0 Å². The SMILES string of the molecule is CCCCCNC(=O)CCNCCN(C)C. The fourth-order valence-electron chi connectivity index (χ4n) is 1.32. The zero-order valence-electron chi connectivity index (χ0n) is 11.0. The second-order valence-corrected chi connectivity index (χ2v) is 4.36. The lowest BCUT2D eigenvalue weighted by Crippen LogP contribution is -2.31. The molecule has 0 aromatic heterocycles. The van der Waals surface area contributed by atoms with E-state index in [1.807, 2.05) is 14.1 Å². The summed E-state index contributed by atoms with van der Waals surface area (Å²) in [5, 5.41) is 6.17. The molecule has 0 aromatic rings. The quantitative estimate of drug-likeness (QED) is 0.546. The predicted octanol–water partition coefficient (Wildman–Crippen LogP) is 0.834. The molecule has 0 atom stereocenters. The molecule has 16 heavy (non-hydrogen) atoms. The first kappa shape index (κ1) is 15.4. The minimum Gasteiger partial charge on any atom is -0.356 e. The zero-order chi connectivity index (χ0) is 12.2. The van der Waals surface area contributed by atoms with Gasteiger partial charge in [-0.2, -0.15) is 0 Å². The Morgan fingerprint density at radius 1 is 1.12 bits per heavy atom. The van der Waals surface area contributed by atoms with E-state index < -0.39 is 0 Å². The number of carbonyl (C=O) groups excluding carboxylic acids is 1. The number of hydrogen-bond acceptors (Lipinski definition) is 3. The lowest BCUT2D eigenvalue weighted by molar-refractivity contribution is -0.121.